The standard InChI is InChI=1S/C22H35BN2O4/c1-20(2,3)18-15-24(11-12-25(18)19(26)27)14-16-9-8-10-17(13-16)23-28-21(4,5)22(6,7)29-23/h8-10,13,18H,11-12,14-15H2,1-7H3,(H,26,27). The molecule has 0 radical (unpaired) electrons. The zero-order valence-electron chi connectivity index (χ0n) is 18.9. The molecule has 0 bridgehead atoms. The Morgan fingerprint density at radius 1 is 1.17 bits per heavy atom. The van der Waals surface area contributed by atoms with Crippen molar-refractivity contribution in [2.75, 3.05) is 19.6 Å². The number of hydrogen-bond acceptors (Lipinski definition) is 4. The Bertz CT molecular complexity index is 743. The first-order valence-electron chi connectivity index (χ1n) is 10.5. The average molecular weight is 402 g/mol. The summed E-state index contributed by atoms with van der Waals surface area (Å²) in [4.78, 5) is 15.6. The molecular formula is C22H35BN2O4. The lowest BCUT2D eigenvalue weighted by molar-refractivity contribution is 0.00578. The van der Waals surface area contributed by atoms with Crippen LogP contribution in [0.1, 0.15) is 54.0 Å². The molecule has 1 aromatic rings. The van der Waals surface area contributed by atoms with Gasteiger partial charge in [0.15, 0.2) is 0 Å². The molecule has 2 fully saturated rings. The molecule has 2 aliphatic rings. The van der Waals surface area contributed by atoms with E-state index in [1.54, 1.807) is 4.90 Å². The van der Waals surface area contributed by atoms with Crippen LogP contribution in [-0.4, -0.2) is 65.0 Å². The van der Waals surface area contributed by atoms with E-state index in [1.807, 2.05) is 12.1 Å². The van der Waals surface area contributed by atoms with Crippen LogP contribution in [0, 0.1) is 5.41 Å². The summed E-state index contributed by atoms with van der Waals surface area (Å²) in [5.41, 5.74) is 1.38. The number of rotatable bonds is 3. The van der Waals surface area contributed by atoms with Gasteiger partial charge in [-0.1, -0.05) is 45.0 Å². The van der Waals surface area contributed by atoms with Crippen molar-refractivity contribution in [3.63, 3.8) is 0 Å². The van der Waals surface area contributed by atoms with Crippen molar-refractivity contribution < 1.29 is 19.2 Å². The second-order valence-electron chi connectivity index (χ2n) is 10.4. The summed E-state index contributed by atoms with van der Waals surface area (Å²) in [6, 6.07) is 8.33. The molecule has 0 aliphatic carbocycles. The SMILES string of the molecule is CC(C)(C)C1CN(Cc2cccc(B3OC(C)(C)C(C)(C)O3)c2)CCN1C(=O)O. The van der Waals surface area contributed by atoms with E-state index in [-0.39, 0.29) is 29.8 Å². The van der Waals surface area contributed by atoms with Gasteiger partial charge in [0.25, 0.3) is 0 Å². The summed E-state index contributed by atoms with van der Waals surface area (Å²) < 4.78 is 12.4. The Morgan fingerprint density at radius 2 is 1.79 bits per heavy atom. The van der Waals surface area contributed by atoms with Gasteiger partial charge in [-0.25, -0.2) is 4.79 Å². The molecule has 2 saturated heterocycles. The van der Waals surface area contributed by atoms with E-state index in [1.165, 1.54) is 5.56 Å². The molecule has 1 amide bonds. The summed E-state index contributed by atoms with van der Waals surface area (Å²) in [6.07, 6.45) is -0.827. The number of carbonyl (C=O) groups is 1. The predicted octanol–water partition coefficient (Wildman–Crippen LogP) is 3.20. The summed E-state index contributed by atoms with van der Waals surface area (Å²) in [6.45, 7) is 17.4. The zero-order valence-corrected chi connectivity index (χ0v) is 18.9. The van der Waals surface area contributed by atoms with Crippen LogP contribution in [0.5, 0.6) is 0 Å². The average Bonchev–Trinajstić information content (AvgIpc) is 2.82. The van der Waals surface area contributed by atoms with Gasteiger partial charge in [0, 0.05) is 26.2 Å². The highest BCUT2D eigenvalue weighted by Crippen LogP contribution is 2.36. The third kappa shape index (κ3) is 4.62. The Labute approximate surface area is 175 Å². The van der Waals surface area contributed by atoms with Crippen LogP contribution in [0.4, 0.5) is 4.79 Å². The quantitative estimate of drug-likeness (QED) is 0.787. The van der Waals surface area contributed by atoms with Gasteiger partial charge in [-0.3, -0.25) is 4.90 Å². The summed E-state index contributed by atoms with van der Waals surface area (Å²) in [7, 11) is -0.369. The van der Waals surface area contributed by atoms with Crippen LogP contribution >= 0.6 is 0 Å². The summed E-state index contributed by atoms with van der Waals surface area (Å²) >= 11 is 0. The Balaban J connectivity index is 1.72. The van der Waals surface area contributed by atoms with Crippen LogP contribution in [0.15, 0.2) is 24.3 Å². The van der Waals surface area contributed by atoms with Crippen molar-refractivity contribution in [1.82, 2.24) is 9.80 Å². The lowest BCUT2D eigenvalue weighted by atomic mass is 9.78. The Morgan fingerprint density at radius 3 is 2.34 bits per heavy atom. The van der Waals surface area contributed by atoms with Crippen LogP contribution in [-0.2, 0) is 15.9 Å². The molecule has 160 valence electrons. The Hall–Kier alpha value is -1.57. The third-order valence-electron chi connectivity index (χ3n) is 6.59. The van der Waals surface area contributed by atoms with Crippen molar-refractivity contribution >= 4 is 18.7 Å². The molecule has 2 aliphatic heterocycles. The number of piperazine rings is 1. The lowest BCUT2D eigenvalue weighted by Gasteiger charge is -2.46. The molecule has 29 heavy (non-hydrogen) atoms. The molecule has 6 nitrogen and oxygen atoms in total. The number of nitrogens with zero attached hydrogens (tertiary/aromatic N) is 2. The highest BCUT2D eigenvalue weighted by Gasteiger charge is 2.51. The number of amides is 1. The number of benzene rings is 1. The summed E-state index contributed by atoms with van der Waals surface area (Å²) in [5.74, 6) is 0. The number of hydrogen-bond donors (Lipinski definition) is 1. The monoisotopic (exact) mass is 402 g/mol. The van der Waals surface area contributed by atoms with Gasteiger partial charge in [-0.2, -0.15) is 0 Å². The largest absolute Gasteiger partial charge is 0.494 e. The molecule has 1 aromatic carbocycles. The van der Waals surface area contributed by atoms with Gasteiger partial charge in [0.2, 0.25) is 0 Å². The Kier molecular flexibility index (Phi) is 5.80. The van der Waals surface area contributed by atoms with Crippen molar-refractivity contribution in [2.24, 2.45) is 5.41 Å². The smallest absolute Gasteiger partial charge is 0.465 e. The predicted molar refractivity (Wildman–Crippen MR) is 115 cm³/mol. The third-order valence-corrected chi connectivity index (χ3v) is 6.59. The molecule has 7 heteroatoms. The van der Waals surface area contributed by atoms with Gasteiger partial charge in [-0.05, 0) is 44.1 Å². The first kappa shape index (κ1) is 22.1. The van der Waals surface area contributed by atoms with Crippen molar-refractivity contribution in [1.29, 1.82) is 0 Å². The molecule has 1 N–H and O–H groups in total. The van der Waals surface area contributed by atoms with Crippen LogP contribution < -0.4 is 5.46 Å². The fourth-order valence-corrected chi connectivity index (χ4v) is 4.03. The second-order valence-corrected chi connectivity index (χ2v) is 10.4. The fraction of sp³-hybridized carbons (Fsp3) is 0.682. The molecule has 0 aromatic heterocycles. The maximum absolute atomic E-state index is 11.7. The maximum Gasteiger partial charge on any atom is 0.494 e. The minimum Gasteiger partial charge on any atom is -0.465 e. The van der Waals surface area contributed by atoms with Gasteiger partial charge in [-0.15, -0.1) is 0 Å². The van der Waals surface area contributed by atoms with Crippen LogP contribution in [0.25, 0.3) is 0 Å². The molecule has 0 spiro atoms. The van der Waals surface area contributed by atoms with Crippen LogP contribution in [0.2, 0.25) is 0 Å². The summed E-state index contributed by atoms with van der Waals surface area (Å²) in [5, 5.41) is 9.57. The van der Waals surface area contributed by atoms with E-state index in [0.29, 0.717) is 6.54 Å². The molecule has 3 rings (SSSR count). The number of carboxylic acid groups (broad SMARTS) is 1. The minimum atomic E-state index is -0.827. The van der Waals surface area contributed by atoms with Crippen molar-refractivity contribution in [3.8, 4) is 0 Å². The van der Waals surface area contributed by atoms with E-state index in [4.69, 9.17) is 9.31 Å². The topological polar surface area (TPSA) is 62.2 Å². The lowest BCUT2D eigenvalue weighted by Crippen LogP contribution is -2.59. The molecular weight excluding hydrogens is 367 g/mol. The highest BCUT2D eigenvalue weighted by atomic mass is 16.7. The van der Waals surface area contributed by atoms with E-state index < -0.39 is 6.09 Å². The van der Waals surface area contributed by atoms with Gasteiger partial charge in [0.05, 0.1) is 17.2 Å². The first-order chi connectivity index (χ1) is 13.3. The normalized spacial score (nSPS) is 24.7. The van der Waals surface area contributed by atoms with E-state index in [2.05, 4.69) is 65.5 Å². The molecule has 1 atom stereocenters. The molecule has 1 unspecified atom stereocenters. The zero-order chi connectivity index (χ0) is 21.6. The van der Waals surface area contributed by atoms with Crippen molar-refractivity contribution in [3.05, 3.63) is 29.8 Å². The van der Waals surface area contributed by atoms with Gasteiger partial charge < -0.3 is 19.3 Å². The molecule has 2 heterocycles. The van der Waals surface area contributed by atoms with Gasteiger partial charge in [0.1, 0.15) is 0 Å². The van der Waals surface area contributed by atoms with E-state index >= 15 is 0 Å². The maximum atomic E-state index is 11.7. The van der Waals surface area contributed by atoms with Gasteiger partial charge >= 0.3 is 13.2 Å². The van der Waals surface area contributed by atoms with Crippen molar-refractivity contribution in [2.45, 2.75) is 72.3 Å². The van der Waals surface area contributed by atoms with E-state index in [9.17, 15) is 9.90 Å². The molecule has 0 saturated carbocycles. The minimum absolute atomic E-state index is 0.0278. The van der Waals surface area contributed by atoms with E-state index in [0.717, 1.165) is 25.1 Å². The van der Waals surface area contributed by atoms with Crippen LogP contribution in [0.3, 0.4) is 0 Å². The fourth-order valence-electron chi connectivity index (χ4n) is 4.03. The highest BCUT2D eigenvalue weighted by molar-refractivity contribution is 6.62. The first-order valence-corrected chi connectivity index (χ1v) is 10.5. The second kappa shape index (κ2) is 7.60.